The fourth-order valence-electron chi connectivity index (χ4n) is 6.91. The number of carboxylic acid groups (broad SMARTS) is 3. The molecule has 0 bridgehead atoms. The van der Waals surface area contributed by atoms with E-state index in [1.54, 1.807) is 62.4 Å². The lowest BCUT2D eigenvalue weighted by molar-refractivity contribution is -0.161. The van der Waals surface area contributed by atoms with E-state index < -0.39 is 69.5 Å². The number of carbonyl (C=O) groups is 5. The summed E-state index contributed by atoms with van der Waals surface area (Å²) in [7, 11) is 0. The van der Waals surface area contributed by atoms with Crippen molar-refractivity contribution < 1.29 is 54.6 Å². The third-order valence-corrected chi connectivity index (χ3v) is 11.1. The standard InChI is InChI=1S/C23H16O6.C16H19N3O5S/c24-20-16(14-7-3-1-5-12(14)9-18(20)22(26)27)11-17-15-8-4-2-6-13(15)10-19(21(17)25)23(28)29;1-16(2)11(15(23)24)19-13(22)10(14(19)25-16)18-12(21)9(17)7-3-5-8(20)6-4-7/h1-10,24-25H,11H2,(H,26,27)(H,28,29);3-6,9-11,14,20H,17H2,1-2H3,(H,18,21)(H,23,24)/t;9?,10-,11+,14-/m.1/s1. The van der Waals surface area contributed by atoms with E-state index in [-0.39, 0.29) is 23.3 Å². The maximum absolute atomic E-state index is 12.3. The van der Waals surface area contributed by atoms with Gasteiger partial charge < -0.3 is 46.6 Å². The van der Waals surface area contributed by atoms with Gasteiger partial charge >= 0.3 is 17.9 Å². The normalized spacial score (nSPS) is 18.9. The molecule has 5 aromatic rings. The van der Waals surface area contributed by atoms with Gasteiger partial charge in [0.1, 0.15) is 51.9 Å². The summed E-state index contributed by atoms with van der Waals surface area (Å²) < 4.78 is -0.648. The van der Waals surface area contributed by atoms with E-state index in [4.69, 9.17) is 5.73 Å². The van der Waals surface area contributed by atoms with Gasteiger partial charge in [0.15, 0.2) is 0 Å². The number of thioether (sulfide) groups is 1. The SMILES string of the molecule is CC1(C)S[C@@H]2[C@H](NC(=O)C(N)c3ccc(O)cc3)C(=O)N2[C@H]1C(=O)O.O=C(O)c1cc2ccccc2c(Cc2c(O)c(C(=O)O)cc3ccccc23)c1O. The molecule has 15 heteroatoms. The summed E-state index contributed by atoms with van der Waals surface area (Å²) in [4.78, 5) is 60.7. The molecule has 54 heavy (non-hydrogen) atoms. The number of aromatic carboxylic acids is 2. The van der Waals surface area contributed by atoms with E-state index in [1.165, 1.54) is 53.1 Å². The van der Waals surface area contributed by atoms with Gasteiger partial charge in [-0.05, 0) is 65.2 Å². The molecule has 0 saturated carbocycles. The van der Waals surface area contributed by atoms with Gasteiger partial charge in [0.05, 0.1) is 0 Å². The fourth-order valence-corrected chi connectivity index (χ4v) is 8.53. The number of nitrogens with zero attached hydrogens (tertiary/aromatic N) is 1. The molecular weight excluding hydrogens is 719 g/mol. The Bertz CT molecular complexity index is 2260. The van der Waals surface area contributed by atoms with Gasteiger partial charge in [0.2, 0.25) is 11.8 Å². The molecule has 0 aromatic heterocycles. The van der Waals surface area contributed by atoms with Gasteiger partial charge in [-0.2, -0.15) is 0 Å². The van der Waals surface area contributed by atoms with Crippen molar-refractivity contribution in [2.45, 2.75) is 48.5 Å². The van der Waals surface area contributed by atoms with Crippen molar-refractivity contribution in [3.63, 3.8) is 0 Å². The summed E-state index contributed by atoms with van der Waals surface area (Å²) in [6.07, 6.45) is -0.0407. The van der Waals surface area contributed by atoms with E-state index in [1.807, 2.05) is 0 Å². The first kappa shape index (κ1) is 37.4. The molecule has 4 atom stereocenters. The average molecular weight is 754 g/mol. The first-order chi connectivity index (χ1) is 25.5. The highest BCUT2D eigenvalue weighted by atomic mass is 32.2. The van der Waals surface area contributed by atoms with Crippen molar-refractivity contribution >= 4 is 63.0 Å². The summed E-state index contributed by atoms with van der Waals surface area (Å²) in [6.45, 7) is 3.53. The molecule has 0 spiro atoms. The predicted molar refractivity (Wildman–Crippen MR) is 199 cm³/mol. The first-order valence-corrected chi connectivity index (χ1v) is 17.4. The lowest BCUT2D eigenvalue weighted by atomic mass is 9.90. The molecule has 2 saturated heterocycles. The van der Waals surface area contributed by atoms with Crippen molar-refractivity contribution in [3.05, 3.63) is 113 Å². The number of nitrogens with one attached hydrogen (secondary N) is 1. The summed E-state index contributed by atoms with van der Waals surface area (Å²) in [6, 6.07) is 20.0. The Morgan fingerprint density at radius 2 is 1.28 bits per heavy atom. The number of benzene rings is 5. The Balaban J connectivity index is 0.000000186. The quantitative estimate of drug-likeness (QED) is 0.102. The molecule has 5 aromatic carbocycles. The monoisotopic (exact) mass is 753 g/mol. The number of nitrogens with two attached hydrogens (primary N) is 1. The van der Waals surface area contributed by atoms with Gasteiger partial charge in [-0.3, -0.25) is 9.59 Å². The lowest BCUT2D eigenvalue weighted by Crippen LogP contribution is -2.71. The van der Waals surface area contributed by atoms with Crippen LogP contribution in [0.1, 0.15) is 57.3 Å². The van der Waals surface area contributed by atoms with Crippen LogP contribution in [0.3, 0.4) is 0 Å². The second kappa shape index (κ2) is 14.2. The zero-order valence-electron chi connectivity index (χ0n) is 28.8. The smallest absolute Gasteiger partial charge is 0.339 e. The first-order valence-electron chi connectivity index (χ1n) is 16.5. The van der Waals surface area contributed by atoms with Gasteiger partial charge in [-0.15, -0.1) is 11.8 Å². The Kier molecular flexibility index (Phi) is 9.88. The molecule has 0 radical (unpaired) electrons. The molecule has 2 amide bonds. The second-order valence-electron chi connectivity index (χ2n) is 13.4. The number of hydrogen-bond donors (Lipinski definition) is 8. The number of carboxylic acids is 3. The van der Waals surface area contributed by atoms with Crippen molar-refractivity contribution in [2.75, 3.05) is 0 Å². The van der Waals surface area contributed by atoms with E-state index in [0.29, 0.717) is 38.2 Å². The highest BCUT2D eigenvalue weighted by Gasteiger charge is 2.64. The van der Waals surface area contributed by atoms with Crippen molar-refractivity contribution in [1.82, 2.24) is 10.2 Å². The fraction of sp³-hybridized carbons (Fsp3) is 0.205. The zero-order valence-corrected chi connectivity index (χ0v) is 29.6. The van der Waals surface area contributed by atoms with Gasteiger partial charge in [-0.1, -0.05) is 60.7 Å². The Labute approximate surface area is 311 Å². The molecule has 2 heterocycles. The predicted octanol–water partition coefficient (Wildman–Crippen LogP) is 4.42. The summed E-state index contributed by atoms with van der Waals surface area (Å²) in [5.41, 5.74) is 6.52. The molecule has 2 aliphatic heterocycles. The molecular formula is C39H35N3O11S. The van der Waals surface area contributed by atoms with E-state index in [9.17, 15) is 54.6 Å². The third-order valence-electron chi connectivity index (χ3n) is 9.58. The molecule has 278 valence electrons. The van der Waals surface area contributed by atoms with Crippen LogP contribution in [0.4, 0.5) is 0 Å². The number of amides is 2. The maximum Gasteiger partial charge on any atom is 0.339 e. The van der Waals surface area contributed by atoms with Gasteiger partial charge in [-0.25, -0.2) is 14.4 Å². The van der Waals surface area contributed by atoms with Crippen LogP contribution in [-0.4, -0.2) is 87.5 Å². The average Bonchev–Trinajstić information content (AvgIpc) is 3.39. The Morgan fingerprint density at radius 1 is 0.796 bits per heavy atom. The van der Waals surface area contributed by atoms with Crippen molar-refractivity contribution in [3.8, 4) is 17.2 Å². The van der Waals surface area contributed by atoms with Crippen molar-refractivity contribution in [1.29, 1.82) is 0 Å². The highest BCUT2D eigenvalue weighted by Crippen LogP contribution is 2.51. The number of phenols is 3. The Morgan fingerprint density at radius 3 is 1.74 bits per heavy atom. The van der Waals surface area contributed by atoms with Crippen LogP contribution in [0.25, 0.3) is 21.5 Å². The van der Waals surface area contributed by atoms with Crippen LogP contribution in [0.15, 0.2) is 84.9 Å². The minimum absolute atomic E-state index is 0.0407. The zero-order chi connectivity index (χ0) is 39.2. The van der Waals surface area contributed by atoms with E-state index in [0.717, 1.165) is 0 Å². The third kappa shape index (κ3) is 6.70. The number of aromatic hydroxyl groups is 3. The van der Waals surface area contributed by atoms with Crippen LogP contribution in [-0.2, 0) is 20.8 Å². The topological polar surface area (TPSA) is 248 Å². The molecule has 14 nitrogen and oxygen atoms in total. The number of aliphatic carboxylic acids is 1. The molecule has 1 unspecified atom stereocenters. The second-order valence-corrected chi connectivity index (χ2v) is 15.2. The van der Waals surface area contributed by atoms with E-state index >= 15 is 0 Å². The number of fused-ring (bicyclic) bond motifs is 3. The molecule has 2 fully saturated rings. The van der Waals surface area contributed by atoms with Crippen LogP contribution in [0.5, 0.6) is 17.2 Å². The summed E-state index contributed by atoms with van der Waals surface area (Å²) >= 11 is 1.35. The number of rotatable bonds is 8. The van der Waals surface area contributed by atoms with Crippen LogP contribution in [0, 0.1) is 0 Å². The minimum atomic E-state index is -1.28. The molecule has 2 aliphatic rings. The Hall–Kier alpha value is -6.32. The van der Waals surface area contributed by atoms with Gasteiger partial charge in [0.25, 0.3) is 0 Å². The van der Waals surface area contributed by atoms with Crippen LogP contribution < -0.4 is 11.1 Å². The number of carbonyl (C=O) groups excluding carboxylic acids is 2. The van der Waals surface area contributed by atoms with Crippen molar-refractivity contribution in [2.24, 2.45) is 5.73 Å². The largest absolute Gasteiger partial charge is 0.508 e. The maximum atomic E-state index is 12.3. The van der Waals surface area contributed by atoms with Crippen LogP contribution >= 0.6 is 11.8 Å². The lowest BCUT2D eigenvalue weighted by Gasteiger charge is -2.43. The molecule has 9 N–H and O–H groups in total. The number of phenolic OH excluding ortho intramolecular Hbond substituents is 1. The molecule has 7 rings (SSSR count). The number of β-lactam (4-membered cyclic amide) rings is 1. The molecule has 0 aliphatic carbocycles. The highest BCUT2D eigenvalue weighted by molar-refractivity contribution is 8.01. The summed E-state index contributed by atoms with van der Waals surface area (Å²) in [5, 5.41) is 63.7. The minimum Gasteiger partial charge on any atom is -0.508 e. The number of hydrogen-bond acceptors (Lipinski definition) is 10. The summed E-state index contributed by atoms with van der Waals surface area (Å²) in [5.74, 6) is -5.29. The van der Waals surface area contributed by atoms with E-state index in [2.05, 4.69) is 5.32 Å². The van der Waals surface area contributed by atoms with Gasteiger partial charge in [0, 0.05) is 22.3 Å². The van der Waals surface area contributed by atoms with Crippen LogP contribution in [0.2, 0.25) is 0 Å².